The molecule has 0 unspecified atom stereocenters. The van der Waals surface area contributed by atoms with Gasteiger partial charge in [0.15, 0.2) is 9.84 Å². The first-order valence-corrected chi connectivity index (χ1v) is 9.65. The van der Waals surface area contributed by atoms with Crippen molar-refractivity contribution in [2.45, 2.75) is 32.9 Å². The maximum Gasteiger partial charge on any atom is 0.257 e. The van der Waals surface area contributed by atoms with Gasteiger partial charge >= 0.3 is 0 Å². The summed E-state index contributed by atoms with van der Waals surface area (Å²) in [6, 6.07) is 2.96. The molecule has 2 aromatic heterocycles. The number of amides is 1. The number of hydrogen-bond acceptors (Lipinski definition) is 5. The molecule has 128 valence electrons. The van der Waals surface area contributed by atoms with Crippen LogP contribution in [0.3, 0.4) is 0 Å². The van der Waals surface area contributed by atoms with Crippen LogP contribution in [0.2, 0.25) is 0 Å². The average molecular weight is 349 g/mol. The summed E-state index contributed by atoms with van der Waals surface area (Å²) >= 11 is 0. The quantitative estimate of drug-likeness (QED) is 0.877. The van der Waals surface area contributed by atoms with Crippen LogP contribution in [0.1, 0.15) is 29.4 Å². The lowest BCUT2D eigenvalue weighted by atomic mass is 10.1. The predicted octanol–water partition coefficient (Wildman–Crippen LogP) is 0.642. The maximum absolute atomic E-state index is 12.6. The standard InChI is InChI=1S/C16H19N3O4S/c1-3-19-8-13(14(20)12-5-4-10(2)17-15(12)19)16(21)18-11-6-7-24(22,23)9-11/h4-5,8,11H,3,6-7,9H2,1-2H3,(H,18,21)/t11-/m1/s1. The summed E-state index contributed by atoms with van der Waals surface area (Å²) in [5.74, 6) is -0.542. The number of nitrogens with one attached hydrogen (secondary N) is 1. The second-order valence-corrected chi connectivity index (χ2v) is 8.28. The zero-order valence-corrected chi connectivity index (χ0v) is 14.4. The highest BCUT2D eigenvalue weighted by atomic mass is 32.2. The van der Waals surface area contributed by atoms with Crippen LogP contribution in [-0.4, -0.2) is 41.4 Å². The first kappa shape index (κ1) is 16.6. The number of carbonyl (C=O) groups is 1. The first-order chi connectivity index (χ1) is 11.3. The topological polar surface area (TPSA) is 98.1 Å². The Bertz CT molecular complexity index is 979. The van der Waals surface area contributed by atoms with E-state index in [4.69, 9.17) is 0 Å². The second-order valence-electron chi connectivity index (χ2n) is 6.06. The van der Waals surface area contributed by atoms with Crippen LogP contribution in [0, 0.1) is 6.92 Å². The molecular formula is C16H19N3O4S. The van der Waals surface area contributed by atoms with Crippen LogP contribution in [0.25, 0.3) is 11.0 Å². The number of hydrogen-bond donors (Lipinski definition) is 1. The molecule has 1 aliphatic rings. The van der Waals surface area contributed by atoms with Crippen LogP contribution in [-0.2, 0) is 16.4 Å². The normalized spacial score (nSPS) is 19.5. The minimum atomic E-state index is -3.09. The van der Waals surface area contributed by atoms with Gasteiger partial charge in [0.2, 0.25) is 5.43 Å². The number of aryl methyl sites for hydroxylation is 2. The lowest BCUT2D eigenvalue weighted by Crippen LogP contribution is -2.38. The summed E-state index contributed by atoms with van der Waals surface area (Å²) in [5.41, 5.74) is 0.958. The van der Waals surface area contributed by atoms with Gasteiger partial charge in [-0.3, -0.25) is 9.59 Å². The van der Waals surface area contributed by atoms with Gasteiger partial charge < -0.3 is 9.88 Å². The Balaban J connectivity index is 2.00. The first-order valence-electron chi connectivity index (χ1n) is 7.83. The molecule has 2 aromatic rings. The molecule has 1 fully saturated rings. The molecule has 0 spiro atoms. The summed E-state index contributed by atoms with van der Waals surface area (Å²) in [7, 11) is -3.09. The molecule has 1 aliphatic heterocycles. The lowest BCUT2D eigenvalue weighted by molar-refractivity contribution is 0.0939. The van der Waals surface area contributed by atoms with Crippen molar-refractivity contribution in [3.63, 3.8) is 0 Å². The van der Waals surface area contributed by atoms with Crippen molar-refractivity contribution >= 4 is 26.8 Å². The molecule has 3 rings (SSSR count). The molecule has 1 amide bonds. The third-order valence-electron chi connectivity index (χ3n) is 4.21. The largest absolute Gasteiger partial charge is 0.348 e. The molecule has 8 heteroatoms. The molecule has 0 saturated carbocycles. The van der Waals surface area contributed by atoms with Crippen molar-refractivity contribution in [3.8, 4) is 0 Å². The molecule has 3 heterocycles. The minimum Gasteiger partial charge on any atom is -0.348 e. The second kappa shape index (κ2) is 6.01. The van der Waals surface area contributed by atoms with Crippen molar-refractivity contribution in [2.75, 3.05) is 11.5 Å². The zero-order chi connectivity index (χ0) is 17.5. The number of fused-ring (bicyclic) bond motifs is 1. The van der Waals surface area contributed by atoms with Crippen LogP contribution in [0.4, 0.5) is 0 Å². The van der Waals surface area contributed by atoms with Crippen molar-refractivity contribution in [1.82, 2.24) is 14.9 Å². The summed E-state index contributed by atoms with van der Waals surface area (Å²) in [6.07, 6.45) is 1.88. The molecule has 1 atom stereocenters. The number of sulfone groups is 1. The monoisotopic (exact) mass is 349 g/mol. The van der Waals surface area contributed by atoms with Crippen LogP contribution in [0.15, 0.2) is 23.1 Å². The van der Waals surface area contributed by atoms with Crippen LogP contribution < -0.4 is 10.7 Å². The molecule has 24 heavy (non-hydrogen) atoms. The summed E-state index contributed by atoms with van der Waals surface area (Å²) < 4.78 is 24.8. The number of aromatic nitrogens is 2. The van der Waals surface area contributed by atoms with Crippen molar-refractivity contribution in [3.05, 3.63) is 39.8 Å². The molecule has 7 nitrogen and oxygen atoms in total. The Morgan fingerprint density at radius 2 is 2.17 bits per heavy atom. The van der Waals surface area contributed by atoms with Gasteiger partial charge in [0, 0.05) is 24.5 Å². The number of pyridine rings is 2. The van der Waals surface area contributed by atoms with E-state index < -0.39 is 21.8 Å². The fraction of sp³-hybridized carbons (Fsp3) is 0.438. The summed E-state index contributed by atoms with van der Waals surface area (Å²) in [4.78, 5) is 29.5. The highest BCUT2D eigenvalue weighted by molar-refractivity contribution is 7.91. The van der Waals surface area contributed by atoms with E-state index in [-0.39, 0.29) is 22.5 Å². The highest BCUT2D eigenvalue weighted by Gasteiger charge is 2.30. The fourth-order valence-electron chi connectivity index (χ4n) is 2.93. The Morgan fingerprint density at radius 3 is 2.79 bits per heavy atom. The van der Waals surface area contributed by atoms with E-state index in [9.17, 15) is 18.0 Å². The maximum atomic E-state index is 12.6. The van der Waals surface area contributed by atoms with Crippen LogP contribution in [0.5, 0.6) is 0 Å². The van der Waals surface area contributed by atoms with E-state index >= 15 is 0 Å². The third kappa shape index (κ3) is 3.06. The van der Waals surface area contributed by atoms with Gasteiger partial charge in [0.25, 0.3) is 5.91 Å². The van der Waals surface area contributed by atoms with Gasteiger partial charge in [-0.25, -0.2) is 13.4 Å². The third-order valence-corrected chi connectivity index (χ3v) is 5.98. The molecule has 0 bridgehead atoms. The van der Waals surface area contributed by atoms with Crippen molar-refractivity contribution < 1.29 is 13.2 Å². The molecule has 0 aromatic carbocycles. The van der Waals surface area contributed by atoms with E-state index in [1.54, 1.807) is 16.7 Å². The van der Waals surface area contributed by atoms with E-state index in [1.165, 1.54) is 6.20 Å². The zero-order valence-electron chi connectivity index (χ0n) is 13.6. The Labute approximate surface area is 139 Å². The molecule has 1 saturated heterocycles. The van der Waals surface area contributed by atoms with Gasteiger partial charge in [-0.15, -0.1) is 0 Å². The van der Waals surface area contributed by atoms with Gasteiger partial charge in [0.1, 0.15) is 11.2 Å². The van der Waals surface area contributed by atoms with E-state index in [1.807, 2.05) is 13.8 Å². The number of nitrogens with zero attached hydrogens (tertiary/aromatic N) is 2. The highest BCUT2D eigenvalue weighted by Crippen LogP contribution is 2.14. The number of rotatable bonds is 3. The number of carbonyl (C=O) groups excluding carboxylic acids is 1. The van der Waals surface area contributed by atoms with E-state index in [2.05, 4.69) is 10.3 Å². The fourth-order valence-corrected chi connectivity index (χ4v) is 4.61. The molecular weight excluding hydrogens is 330 g/mol. The molecule has 1 N–H and O–H groups in total. The van der Waals surface area contributed by atoms with Crippen molar-refractivity contribution in [2.24, 2.45) is 0 Å². The average Bonchev–Trinajstić information content (AvgIpc) is 2.86. The Morgan fingerprint density at radius 1 is 1.42 bits per heavy atom. The SMILES string of the molecule is CCn1cc(C(=O)N[C@@H]2CCS(=O)(=O)C2)c(=O)c2ccc(C)nc21. The summed E-state index contributed by atoms with van der Waals surface area (Å²) in [5, 5.41) is 3.05. The lowest BCUT2D eigenvalue weighted by Gasteiger charge is -2.13. The van der Waals surface area contributed by atoms with Crippen molar-refractivity contribution in [1.29, 1.82) is 0 Å². The van der Waals surface area contributed by atoms with Crippen LogP contribution >= 0.6 is 0 Å². The Kier molecular flexibility index (Phi) is 4.16. The van der Waals surface area contributed by atoms with Gasteiger partial charge in [-0.05, 0) is 32.4 Å². The summed E-state index contributed by atoms with van der Waals surface area (Å²) in [6.45, 7) is 4.30. The van der Waals surface area contributed by atoms with E-state index in [0.29, 0.717) is 24.0 Å². The Hall–Kier alpha value is -2.22. The smallest absolute Gasteiger partial charge is 0.257 e. The van der Waals surface area contributed by atoms with Gasteiger partial charge in [-0.2, -0.15) is 0 Å². The van der Waals surface area contributed by atoms with Gasteiger partial charge in [-0.1, -0.05) is 0 Å². The molecule has 0 radical (unpaired) electrons. The van der Waals surface area contributed by atoms with Gasteiger partial charge in [0.05, 0.1) is 16.9 Å². The minimum absolute atomic E-state index is 0.0132. The molecule has 0 aliphatic carbocycles. The van der Waals surface area contributed by atoms with E-state index in [0.717, 1.165) is 5.69 Å². The predicted molar refractivity (Wildman–Crippen MR) is 90.9 cm³/mol.